The molecule has 1 aromatic carbocycles. The van der Waals surface area contributed by atoms with Crippen molar-refractivity contribution in [3.63, 3.8) is 0 Å². The van der Waals surface area contributed by atoms with Crippen LogP contribution >= 0.6 is 0 Å². The lowest BCUT2D eigenvalue weighted by Crippen LogP contribution is -2.38. The summed E-state index contributed by atoms with van der Waals surface area (Å²) in [5, 5.41) is 1.58. The van der Waals surface area contributed by atoms with E-state index in [2.05, 4.69) is 52.5 Å². The fourth-order valence-corrected chi connectivity index (χ4v) is 2.77. The van der Waals surface area contributed by atoms with Crippen molar-refractivity contribution in [1.82, 2.24) is 0 Å². The van der Waals surface area contributed by atoms with Gasteiger partial charge in [0.1, 0.15) is 0 Å². The molecule has 0 heterocycles. The average molecular weight is 192 g/mol. The quantitative estimate of drug-likeness (QED) is 0.600. The van der Waals surface area contributed by atoms with E-state index in [9.17, 15) is 0 Å². The van der Waals surface area contributed by atoms with Gasteiger partial charge >= 0.3 is 0 Å². The fraction of sp³-hybridized carbons (Fsp3) is 0.500. The Morgan fingerprint density at radius 3 is 1.54 bits per heavy atom. The van der Waals surface area contributed by atoms with E-state index in [-0.39, 0.29) is 0 Å². The molecule has 0 amide bonds. The van der Waals surface area contributed by atoms with Gasteiger partial charge in [0, 0.05) is 0 Å². The molecule has 0 aliphatic rings. The van der Waals surface area contributed by atoms with Crippen molar-refractivity contribution in [2.24, 2.45) is 0 Å². The zero-order valence-corrected chi connectivity index (χ0v) is 10.7. The first-order valence-electron chi connectivity index (χ1n) is 4.90. The summed E-state index contributed by atoms with van der Waals surface area (Å²) < 4.78 is 0. The van der Waals surface area contributed by atoms with E-state index in [1.807, 2.05) is 0 Å². The Bertz CT molecular complexity index is 295. The molecule has 0 spiro atoms. The molecular weight excluding hydrogens is 172 g/mol. The highest BCUT2D eigenvalue weighted by Gasteiger charge is 2.17. The van der Waals surface area contributed by atoms with E-state index in [1.54, 1.807) is 5.19 Å². The van der Waals surface area contributed by atoms with Crippen LogP contribution in [0.25, 0.3) is 0 Å². The third kappa shape index (κ3) is 2.22. The maximum Gasteiger partial charge on any atom is 0.0776 e. The van der Waals surface area contributed by atoms with Gasteiger partial charge in [0.25, 0.3) is 0 Å². The normalized spacial score (nSPS) is 11.8. The fourth-order valence-electron chi connectivity index (χ4n) is 1.47. The smallest absolute Gasteiger partial charge is 0.0656 e. The van der Waals surface area contributed by atoms with Crippen LogP contribution in [0, 0.1) is 20.8 Å². The Balaban J connectivity index is 3.29. The van der Waals surface area contributed by atoms with Gasteiger partial charge in [-0.15, -0.1) is 0 Å². The second kappa shape index (κ2) is 3.30. The lowest BCUT2D eigenvalue weighted by Gasteiger charge is -2.19. The van der Waals surface area contributed by atoms with Crippen LogP contribution in [0.5, 0.6) is 0 Å². The van der Waals surface area contributed by atoms with Gasteiger partial charge in [0.15, 0.2) is 0 Å². The molecule has 0 atom stereocenters. The van der Waals surface area contributed by atoms with Crippen molar-refractivity contribution in [3.05, 3.63) is 28.8 Å². The number of benzene rings is 1. The summed E-state index contributed by atoms with van der Waals surface area (Å²) in [6.07, 6.45) is 0. The van der Waals surface area contributed by atoms with Gasteiger partial charge in [-0.2, -0.15) is 0 Å². The molecule has 1 heteroatoms. The highest BCUT2D eigenvalue weighted by atomic mass is 28.3. The van der Waals surface area contributed by atoms with E-state index in [0.29, 0.717) is 0 Å². The molecule has 0 N–H and O–H groups in total. The van der Waals surface area contributed by atoms with E-state index >= 15 is 0 Å². The van der Waals surface area contributed by atoms with Crippen LogP contribution in [0.4, 0.5) is 0 Å². The first-order valence-corrected chi connectivity index (χ1v) is 8.40. The van der Waals surface area contributed by atoms with Crippen molar-refractivity contribution in [1.29, 1.82) is 0 Å². The summed E-state index contributed by atoms with van der Waals surface area (Å²) in [7, 11) is -1.12. The van der Waals surface area contributed by atoms with Crippen molar-refractivity contribution in [2.75, 3.05) is 0 Å². The molecule has 1 aromatic rings. The van der Waals surface area contributed by atoms with Crippen LogP contribution in [0.1, 0.15) is 16.7 Å². The van der Waals surface area contributed by atoms with Gasteiger partial charge < -0.3 is 0 Å². The molecule has 1 rings (SSSR count). The Hall–Kier alpha value is -0.563. The molecular formula is C12H20Si. The predicted octanol–water partition coefficient (Wildman–Crippen LogP) is 3.16. The van der Waals surface area contributed by atoms with Crippen molar-refractivity contribution in [3.8, 4) is 0 Å². The van der Waals surface area contributed by atoms with Crippen molar-refractivity contribution >= 4 is 13.3 Å². The second-order valence-electron chi connectivity index (χ2n) is 4.99. The lowest BCUT2D eigenvalue weighted by atomic mass is 10.1. The van der Waals surface area contributed by atoms with Crippen molar-refractivity contribution in [2.45, 2.75) is 40.4 Å². The second-order valence-corrected chi connectivity index (χ2v) is 10.1. The molecule has 72 valence electrons. The highest BCUT2D eigenvalue weighted by molar-refractivity contribution is 6.88. The average Bonchev–Trinajstić information content (AvgIpc) is 1.97. The van der Waals surface area contributed by atoms with Gasteiger partial charge in [-0.3, -0.25) is 0 Å². The molecule has 13 heavy (non-hydrogen) atoms. The zero-order chi connectivity index (χ0) is 10.2. The summed E-state index contributed by atoms with van der Waals surface area (Å²) in [6.45, 7) is 13.8. The van der Waals surface area contributed by atoms with E-state index < -0.39 is 8.07 Å². The maximum absolute atomic E-state index is 2.40. The molecule has 0 aromatic heterocycles. The SMILES string of the molecule is Cc1cc([Si](C)(C)C)cc(C)c1C. The molecule has 0 unspecified atom stereocenters. The van der Waals surface area contributed by atoms with Crippen LogP contribution in [0.3, 0.4) is 0 Å². The zero-order valence-electron chi connectivity index (χ0n) is 9.65. The molecule has 0 nitrogen and oxygen atoms in total. The van der Waals surface area contributed by atoms with E-state index in [4.69, 9.17) is 0 Å². The Kier molecular flexibility index (Phi) is 2.67. The maximum atomic E-state index is 2.40. The van der Waals surface area contributed by atoms with Gasteiger partial charge in [0.2, 0.25) is 0 Å². The van der Waals surface area contributed by atoms with Crippen LogP contribution in [-0.2, 0) is 0 Å². The third-order valence-electron chi connectivity index (χ3n) is 2.79. The first-order chi connectivity index (χ1) is 5.82. The minimum atomic E-state index is -1.12. The molecule has 0 aliphatic heterocycles. The summed E-state index contributed by atoms with van der Waals surface area (Å²) in [4.78, 5) is 0. The molecule has 0 radical (unpaired) electrons. The Morgan fingerprint density at radius 2 is 1.23 bits per heavy atom. The Morgan fingerprint density at radius 1 is 0.846 bits per heavy atom. The third-order valence-corrected chi connectivity index (χ3v) is 4.81. The monoisotopic (exact) mass is 192 g/mol. The van der Waals surface area contributed by atoms with E-state index in [0.717, 1.165) is 0 Å². The summed E-state index contributed by atoms with van der Waals surface area (Å²) in [5.41, 5.74) is 4.33. The van der Waals surface area contributed by atoms with Gasteiger partial charge in [-0.05, 0) is 37.5 Å². The minimum Gasteiger partial charge on any atom is -0.0656 e. The van der Waals surface area contributed by atoms with E-state index in [1.165, 1.54) is 16.7 Å². The standard InChI is InChI=1S/C12H20Si/c1-9-7-12(13(4,5)6)8-10(2)11(9)3/h7-8H,1-6H3. The molecule has 0 saturated heterocycles. The molecule has 0 bridgehead atoms. The van der Waals surface area contributed by atoms with Gasteiger partial charge in [-0.25, -0.2) is 0 Å². The van der Waals surface area contributed by atoms with Crippen LogP contribution in [0.2, 0.25) is 19.6 Å². The first kappa shape index (κ1) is 10.5. The number of aryl methyl sites for hydroxylation is 2. The van der Waals surface area contributed by atoms with Gasteiger partial charge in [0.05, 0.1) is 8.07 Å². The molecule has 0 aliphatic carbocycles. The summed E-state index contributed by atoms with van der Waals surface area (Å²) in [5.74, 6) is 0. The topological polar surface area (TPSA) is 0 Å². The van der Waals surface area contributed by atoms with Crippen LogP contribution < -0.4 is 5.19 Å². The summed E-state index contributed by atoms with van der Waals surface area (Å²) >= 11 is 0. The van der Waals surface area contributed by atoms with Crippen LogP contribution in [-0.4, -0.2) is 8.07 Å². The number of rotatable bonds is 1. The Labute approximate surface area is 83.0 Å². The minimum absolute atomic E-state index is 1.12. The van der Waals surface area contributed by atoms with Gasteiger partial charge in [-0.1, -0.05) is 37.0 Å². The van der Waals surface area contributed by atoms with Crippen LogP contribution in [0.15, 0.2) is 12.1 Å². The van der Waals surface area contributed by atoms with Crippen molar-refractivity contribution < 1.29 is 0 Å². The molecule has 0 saturated carbocycles. The molecule has 0 fully saturated rings. The number of hydrogen-bond donors (Lipinski definition) is 0. The lowest BCUT2D eigenvalue weighted by molar-refractivity contribution is 1.27. The largest absolute Gasteiger partial charge is 0.0776 e. The number of hydrogen-bond acceptors (Lipinski definition) is 0. The summed E-state index contributed by atoms with van der Waals surface area (Å²) in [6, 6.07) is 4.74. The predicted molar refractivity (Wildman–Crippen MR) is 63.6 cm³/mol. The highest BCUT2D eigenvalue weighted by Crippen LogP contribution is 2.13.